The van der Waals surface area contributed by atoms with Gasteiger partial charge in [-0.3, -0.25) is 4.90 Å². The molecule has 1 atom stereocenters. The maximum atomic E-state index is 5.56. The predicted molar refractivity (Wildman–Crippen MR) is 73.4 cm³/mol. The van der Waals surface area contributed by atoms with Crippen LogP contribution in [0.2, 0.25) is 0 Å². The van der Waals surface area contributed by atoms with Gasteiger partial charge in [0.25, 0.3) is 0 Å². The molecule has 0 aromatic rings. The van der Waals surface area contributed by atoms with Gasteiger partial charge in [-0.25, -0.2) is 0 Å². The van der Waals surface area contributed by atoms with E-state index in [0.717, 1.165) is 38.8 Å². The molecule has 0 amide bonds. The van der Waals surface area contributed by atoms with Crippen LogP contribution in [-0.2, 0) is 4.74 Å². The summed E-state index contributed by atoms with van der Waals surface area (Å²) in [5, 5.41) is 3.52. The fourth-order valence-electron chi connectivity index (χ4n) is 2.54. The largest absolute Gasteiger partial charge is 0.378 e. The topological polar surface area (TPSA) is 24.5 Å². The first-order valence-electron chi connectivity index (χ1n) is 6.98. The zero-order chi connectivity index (χ0) is 12.9. The molecular formula is C14H30N2O. The SMILES string of the molecule is CC(C)CNCCC(C)N1CCOCC1(C)C. The second kappa shape index (κ2) is 6.72. The highest BCUT2D eigenvalue weighted by atomic mass is 16.5. The quantitative estimate of drug-likeness (QED) is 0.722. The Morgan fingerprint density at radius 3 is 2.59 bits per heavy atom. The van der Waals surface area contributed by atoms with Crippen molar-refractivity contribution in [3.63, 3.8) is 0 Å². The average Bonchev–Trinajstić information content (AvgIpc) is 2.23. The Balaban J connectivity index is 2.28. The summed E-state index contributed by atoms with van der Waals surface area (Å²) in [6.45, 7) is 16.5. The van der Waals surface area contributed by atoms with Gasteiger partial charge < -0.3 is 10.1 Å². The minimum atomic E-state index is 0.190. The maximum Gasteiger partial charge on any atom is 0.0645 e. The Kier molecular flexibility index (Phi) is 5.90. The molecule has 1 aliphatic heterocycles. The van der Waals surface area contributed by atoms with Gasteiger partial charge in [-0.1, -0.05) is 13.8 Å². The highest BCUT2D eigenvalue weighted by Crippen LogP contribution is 2.22. The number of rotatable bonds is 6. The number of nitrogens with zero attached hydrogens (tertiary/aromatic N) is 1. The Morgan fingerprint density at radius 1 is 1.29 bits per heavy atom. The second-order valence-corrected chi connectivity index (χ2v) is 6.29. The Bertz CT molecular complexity index is 216. The van der Waals surface area contributed by atoms with Crippen LogP contribution in [0.15, 0.2) is 0 Å². The monoisotopic (exact) mass is 242 g/mol. The average molecular weight is 242 g/mol. The van der Waals surface area contributed by atoms with Crippen molar-refractivity contribution in [3.05, 3.63) is 0 Å². The fraction of sp³-hybridized carbons (Fsp3) is 1.00. The molecule has 1 heterocycles. The molecule has 0 bridgehead atoms. The van der Waals surface area contributed by atoms with Crippen molar-refractivity contribution in [3.8, 4) is 0 Å². The fourth-order valence-corrected chi connectivity index (χ4v) is 2.54. The smallest absolute Gasteiger partial charge is 0.0645 e. The molecule has 1 aliphatic rings. The van der Waals surface area contributed by atoms with E-state index in [2.05, 4.69) is 44.8 Å². The molecule has 17 heavy (non-hydrogen) atoms. The van der Waals surface area contributed by atoms with E-state index >= 15 is 0 Å². The summed E-state index contributed by atoms with van der Waals surface area (Å²) < 4.78 is 5.56. The molecule has 1 rings (SSSR count). The van der Waals surface area contributed by atoms with E-state index in [0.29, 0.717) is 6.04 Å². The normalized spacial score (nSPS) is 22.9. The summed E-state index contributed by atoms with van der Waals surface area (Å²) in [4.78, 5) is 2.59. The number of ether oxygens (including phenoxy) is 1. The highest BCUT2D eigenvalue weighted by Gasteiger charge is 2.33. The van der Waals surface area contributed by atoms with Gasteiger partial charge in [0, 0.05) is 18.1 Å². The van der Waals surface area contributed by atoms with Gasteiger partial charge in [0.15, 0.2) is 0 Å². The van der Waals surface area contributed by atoms with Crippen molar-refractivity contribution in [2.45, 2.75) is 52.6 Å². The van der Waals surface area contributed by atoms with Crippen LogP contribution in [0.1, 0.15) is 41.0 Å². The van der Waals surface area contributed by atoms with E-state index in [-0.39, 0.29) is 5.54 Å². The van der Waals surface area contributed by atoms with Crippen LogP contribution in [0.3, 0.4) is 0 Å². The van der Waals surface area contributed by atoms with Crippen LogP contribution < -0.4 is 5.32 Å². The van der Waals surface area contributed by atoms with Crippen molar-refractivity contribution >= 4 is 0 Å². The summed E-state index contributed by atoms with van der Waals surface area (Å²) in [5.74, 6) is 0.741. The standard InChI is InChI=1S/C14H30N2O/c1-12(2)10-15-7-6-13(3)16-8-9-17-11-14(16,4)5/h12-13,15H,6-11H2,1-5H3. The van der Waals surface area contributed by atoms with Crippen LogP contribution in [0.4, 0.5) is 0 Å². The minimum absolute atomic E-state index is 0.190. The number of morpholine rings is 1. The summed E-state index contributed by atoms with van der Waals surface area (Å²) in [5.41, 5.74) is 0.190. The molecule has 0 aliphatic carbocycles. The lowest BCUT2D eigenvalue weighted by Gasteiger charge is -2.45. The van der Waals surface area contributed by atoms with Gasteiger partial charge in [-0.05, 0) is 46.2 Å². The number of hydrogen-bond donors (Lipinski definition) is 1. The van der Waals surface area contributed by atoms with Crippen molar-refractivity contribution in [1.82, 2.24) is 10.2 Å². The molecule has 102 valence electrons. The first kappa shape index (κ1) is 14.9. The molecule has 0 spiro atoms. The third kappa shape index (κ3) is 4.94. The molecule has 3 nitrogen and oxygen atoms in total. The summed E-state index contributed by atoms with van der Waals surface area (Å²) >= 11 is 0. The summed E-state index contributed by atoms with van der Waals surface area (Å²) in [6.07, 6.45) is 1.22. The lowest BCUT2D eigenvalue weighted by Crippen LogP contribution is -2.56. The van der Waals surface area contributed by atoms with Gasteiger partial charge in [0.2, 0.25) is 0 Å². The third-order valence-corrected chi connectivity index (χ3v) is 3.53. The lowest BCUT2D eigenvalue weighted by atomic mass is 9.99. The van der Waals surface area contributed by atoms with Gasteiger partial charge >= 0.3 is 0 Å². The Hall–Kier alpha value is -0.120. The Labute approximate surface area is 107 Å². The van der Waals surface area contributed by atoms with Crippen LogP contribution in [-0.4, -0.2) is 49.3 Å². The Morgan fingerprint density at radius 2 is 2.00 bits per heavy atom. The van der Waals surface area contributed by atoms with E-state index in [9.17, 15) is 0 Å². The molecule has 3 heteroatoms. The third-order valence-electron chi connectivity index (χ3n) is 3.53. The highest BCUT2D eigenvalue weighted by molar-refractivity contribution is 4.87. The van der Waals surface area contributed by atoms with Gasteiger partial charge in [-0.2, -0.15) is 0 Å². The molecule has 0 aromatic carbocycles. The number of hydrogen-bond acceptors (Lipinski definition) is 3. The van der Waals surface area contributed by atoms with Crippen LogP contribution >= 0.6 is 0 Å². The lowest BCUT2D eigenvalue weighted by molar-refractivity contribution is -0.0697. The molecule has 0 aromatic heterocycles. The summed E-state index contributed by atoms with van der Waals surface area (Å²) in [6, 6.07) is 0.633. The predicted octanol–water partition coefficient (Wildman–Crippen LogP) is 2.12. The second-order valence-electron chi connectivity index (χ2n) is 6.29. The molecule has 0 radical (unpaired) electrons. The van der Waals surface area contributed by atoms with E-state index < -0.39 is 0 Å². The molecule has 1 saturated heterocycles. The van der Waals surface area contributed by atoms with Crippen molar-refractivity contribution in [2.24, 2.45) is 5.92 Å². The maximum absolute atomic E-state index is 5.56. The van der Waals surface area contributed by atoms with Gasteiger partial charge in [0.1, 0.15) is 0 Å². The first-order chi connectivity index (χ1) is 7.93. The van der Waals surface area contributed by atoms with Crippen LogP contribution in [0.25, 0.3) is 0 Å². The number of nitrogens with one attached hydrogen (secondary N) is 1. The minimum Gasteiger partial charge on any atom is -0.378 e. The van der Waals surface area contributed by atoms with E-state index in [1.54, 1.807) is 0 Å². The van der Waals surface area contributed by atoms with Crippen molar-refractivity contribution in [2.75, 3.05) is 32.8 Å². The molecule has 1 fully saturated rings. The zero-order valence-electron chi connectivity index (χ0n) is 12.3. The van der Waals surface area contributed by atoms with Gasteiger partial charge in [0.05, 0.1) is 13.2 Å². The van der Waals surface area contributed by atoms with Crippen LogP contribution in [0, 0.1) is 5.92 Å². The molecule has 1 unspecified atom stereocenters. The van der Waals surface area contributed by atoms with Gasteiger partial charge in [-0.15, -0.1) is 0 Å². The molecular weight excluding hydrogens is 212 g/mol. The molecule has 1 N–H and O–H groups in total. The van der Waals surface area contributed by atoms with Crippen molar-refractivity contribution in [1.29, 1.82) is 0 Å². The van der Waals surface area contributed by atoms with E-state index in [1.807, 2.05) is 0 Å². The first-order valence-corrected chi connectivity index (χ1v) is 6.98. The molecule has 0 saturated carbocycles. The van der Waals surface area contributed by atoms with Crippen molar-refractivity contribution < 1.29 is 4.74 Å². The van der Waals surface area contributed by atoms with E-state index in [4.69, 9.17) is 4.74 Å². The summed E-state index contributed by atoms with van der Waals surface area (Å²) in [7, 11) is 0. The van der Waals surface area contributed by atoms with E-state index in [1.165, 1.54) is 6.42 Å². The van der Waals surface area contributed by atoms with Crippen LogP contribution in [0.5, 0.6) is 0 Å². The zero-order valence-corrected chi connectivity index (χ0v) is 12.3.